The monoisotopic (exact) mass is 330 g/mol. The molecular formula is C19H28N3O2+. The van der Waals surface area contributed by atoms with E-state index in [4.69, 9.17) is 0 Å². The minimum Gasteiger partial charge on any atom is -0.349 e. The second kappa shape index (κ2) is 7.79. The quantitative estimate of drug-likeness (QED) is 0.787. The number of carbonyl (C=O) groups excluding carboxylic acids is 2. The average molecular weight is 330 g/mol. The van der Waals surface area contributed by atoms with Crippen LogP contribution in [0.5, 0.6) is 0 Å². The smallest absolute Gasteiger partial charge is 0.243 e. The molecule has 1 aromatic carbocycles. The molecule has 2 heterocycles. The number of aryl methyl sites for hydroxylation is 1. The molecule has 0 bridgehead atoms. The predicted molar refractivity (Wildman–Crippen MR) is 92.6 cm³/mol. The van der Waals surface area contributed by atoms with E-state index in [1.165, 1.54) is 31.5 Å². The maximum Gasteiger partial charge on any atom is 0.243 e. The summed E-state index contributed by atoms with van der Waals surface area (Å²) in [5, 5.41) is 3.04. The van der Waals surface area contributed by atoms with Crippen molar-refractivity contribution in [2.75, 3.05) is 26.2 Å². The third kappa shape index (κ3) is 4.15. The molecule has 3 rings (SSSR count). The molecule has 1 aromatic rings. The van der Waals surface area contributed by atoms with Gasteiger partial charge in [0.1, 0.15) is 6.04 Å². The number of hydrogen-bond donors (Lipinski definition) is 2. The molecule has 0 aromatic heterocycles. The summed E-state index contributed by atoms with van der Waals surface area (Å²) in [7, 11) is 0. The van der Waals surface area contributed by atoms with Crippen LogP contribution in [0.25, 0.3) is 0 Å². The molecule has 0 radical (unpaired) electrons. The van der Waals surface area contributed by atoms with Gasteiger partial charge in [-0.3, -0.25) is 9.59 Å². The van der Waals surface area contributed by atoms with Gasteiger partial charge < -0.3 is 15.1 Å². The van der Waals surface area contributed by atoms with Crippen LogP contribution < -0.4 is 10.2 Å². The third-order valence-corrected chi connectivity index (χ3v) is 5.19. The second-order valence-corrected chi connectivity index (χ2v) is 7.06. The highest BCUT2D eigenvalue weighted by molar-refractivity contribution is 5.90. The SMILES string of the molecule is Cc1ccc(CN2C(=O)CCC2C(=O)NCC[NH+]2CCCC2)cc1. The summed E-state index contributed by atoms with van der Waals surface area (Å²) in [6, 6.07) is 7.85. The molecule has 5 heteroatoms. The normalized spacial score (nSPS) is 21.5. The van der Waals surface area contributed by atoms with E-state index >= 15 is 0 Å². The van der Waals surface area contributed by atoms with Crippen molar-refractivity contribution in [2.45, 2.75) is 45.2 Å². The largest absolute Gasteiger partial charge is 0.349 e. The summed E-state index contributed by atoms with van der Waals surface area (Å²) >= 11 is 0. The number of nitrogens with one attached hydrogen (secondary N) is 2. The molecule has 2 N–H and O–H groups in total. The lowest BCUT2D eigenvalue weighted by Gasteiger charge is -2.24. The van der Waals surface area contributed by atoms with Crippen LogP contribution >= 0.6 is 0 Å². The van der Waals surface area contributed by atoms with E-state index < -0.39 is 0 Å². The molecule has 0 aliphatic carbocycles. The third-order valence-electron chi connectivity index (χ3n) is 5.19. The standard InChI is InChI=1S/C19H27N3O2/c1-15-4-6-16(7-5-15)14-22-17(8-9-18(22)23)19(24)20-10-13-21-11-2-3-12-21/h4-7,17H,2-3,8-14H2,1H3,(H,20,24)/p+1. The van der Waals surface area contributed by atoms with Gasteiger partial charge >= 0.3 is 0 Å². The fourth-order valence-corrected chi connectivity index (χ4v) is 3.70. The summed E-state index contributed by atoms with van der Waals surface area (Å²) in [5.74, 6) is 0.0902. The topological polar surface area (TPSA) is 53.9 Å². The van der Waals surface area contributed by atoms with Gasteiger partial charge in [-0.15, -0.1) is 0 Å². The molecule has 0 spiro atoms. The van der Waals surface area contributed by atoms with Crippen LogP contribution in [-0.2, 0) is 16.1 Å². The number of amides is 2. The van der Waals surface area contributed by atoms with E-state index in [0.717, 1.165) is 12.1 Å². The van der Waals surface area contributed by atoms with E-state index in [0.29, 0.717) is 25.9 Å². The molecule has 1 atom stereocenters. The zero-order valence-electron chi connectivity index (χ0n) is 14.5. The molecule has 2 aliphatic heterocycles. The zero-order valence-corrected chi connectivity index (χ0v) is 14.5. The Bertz CT molecular complexity index is 579. The van der Waals surface area contributed by atoms with Crippen molar-refractivity contribution in [3.8, 4) is 0 Å². The summed E-state index contributed by atoms with van der Waals surface area (Å²) in [6.07, 6.45) is 3.70. The van der Waals surface area contributed by atoms with Crippen LogP contribution in [0.2, 0.25) is 0 Å². The van der Waals surface area contributed by atoms with Crippen molar-refractivity contribution in [1.82, 2.24) is 10.2 Å². The fourth-order valence-electron chi connectivity index (χ4n) is 3.70. The van der Waals surface area contributed by atoms with E-state index in [9.17, 15) is 9.59 Å². The van der Waals surface area contributed by atoms with Crippen LogP contribution in [0.15, 0.2) is 24.3 Å². The number of hydrogen-bond acceptors (Lipinski definition) is 2. The minimum atomic E-state index is -0.313. The molecule has 1 unspecified atom stereocenters. The van der Waals surface area contributed by atoms with Gasteiger partial charge in [-0.1, -0.05) is 29.8 Å². The molecule has 2 amide bonds. The summed E-state index contributed by atoms with van der Waals surface area (Å²) < 4.78 is 0. The molecule has 130 valence electrons. The van der Waals surface area contributed by atoms with E-state index in [1.807, 2.05) is 31.2 Å². The highest BCUT2D eigenvalue weighted by Gasteiger charge is 2.35. The van der Waals surface area contributed by atoms with Crippen molar-refractivity contribution in [3.63, 3.8) is 0 Å². The Morgan fingerprint density at radius 1 is 1.25 bits per heavy atom. The number of rotatable bonds is 6. The number of quaternary nitrogens is 1. The lowest BCUT2D eigenvalue weighted by molar-refractivity contribution is -0.886. The van der Waals surface area contributed by atoms with Crippen molar-refractivity contribution in [3.05, 3.63) is 35.4 Å². The molecule has 2 aliphatic rings. The van der Waals surface area contributed by atoms with Crippen LogP contribution in [0.3, 0.4) is 0 Å². The van der Waals surface area contributed by atoms with E-state index in [2.05, 4.69) is 5.32 Å². The Morgan fingerprint density at radius 3 is 2.67 bits per heavy atom. The van der Waals surface area contributed by atoms with Gasteiger partial charge in [0, 0.05) is 25.8 Å². The highest BCUT2D eigenvalue weighted by Crippen LogP contribution is 2.21. The van der Waals surface area contributed by atoms with E-state index in [-0.39, 0.29) is 17.9 Å². The Balaban J connectivity index is 1.53. The van der Waals surface area contributed by atoms with Gasteiger partial charge in [-0.05, 0) is 18.9 Å². The van der Waals surface area contributed by atoms with Crippen LogP contribution in [0, 0.1) is 6.92 Å². The van der Waals surface area contributed by atoms with Crippen molar-refractivity contribution in [1.29, 1.82) is 0 Å². The van der Waals surface area contributed by atoms with Crippen LogP contribution in [-0.4, -0.2) is 48.9 Å². The summed E-state index contributed by atoms with van der Waals surface area (Å²) in [5.41, 5.74) is 2.28. The van der Waals surface area contributed by atoms with Gasteiger partial charge in [-0.25, -0.2) is 0 Å². The van der Waals surface area contributed by atoms with Gasteiger partial charge in [0.2, 0.25) is 11.8 Å². The maximum atomic E-state index is 12.5. The van der Waals surface area contributed by atoms with Gasteiger partial charge in [-0.2, -0.15) is 0 Å². The Kier molecular flexibility index (Phi) is 5.51. The Hall–Kier alpha value is -1.88. The molecule has 5 nitrogen and oxygen atoms in total. The number of nitrogens with zero attached hydrogens (tertiary/aromatic N) is 1. The fraction of sp³-hybridized carbons (Fsp3) is 0.579. The first-order valence-corrected chi connectivity index (χ1v) is 9.10. The first-order valence-electron chi connectivity index (χ1n) is 9.10. The molecule has 24 heavy (non-hydrogen) atoms. The average Bonchev–Trinajstić information content (AvgIpc) is 3.20. The molecular weight excluding hydrogens is 302 g/mol. The number of likely N-dealkylation sites (tertiary alicyclic amines) is 2. The van der Waals surface area contributed by atoms with Crippen LogP contribution in [0.4, 0.5) is 0 Å². The van der Waals surface area contributed by atoms with Crippen molar-refractivity contribution < 1.29 is 14.5 Å². The van der Waals surface area contributed by atoms with Gasteiger partial charge in [0.05, 0.1) is 26.2 Å². The summed E-state index contributed by atoms with van der Waals surface area (Å²) in [6.45, 7) is 6.70. The summed E-state index contributed by atoms with van der Waals surface area (Å²) in [4.78, 5) is 28.0. The Labute approximate surface area is 144 Å². The predicted octanol–water partition coefficient (Wildman–Crippen LogP) is 0.281. The first kappa shape index (κ1) is 17.0. The number of carbonyl (C=O) groups is 2. The Morgan fingerprint density at radius 2 is 1.96 bits per heavy atom. The van der Waals surface area contributed by atoms with Crippen molar-refractivity contribution in [2.24, 2.45) is 0 Å². The molecule has 2 fully saturated rings. The van der Waals surface area contributed by atoms with Crippen molar-refractivity contribution >= 4 is 11.8 Å². The first-order chi connectivity index (χ1) is 11.6. The lowest BCUT2D eigenvalue weighted by Crippen LogP contribution is -3.10. The number of benzene rings is 1. The zero-order chi connectivity index (χ0) is 16.9. The maximum absolute atomic E-state index is 12.5. The highest BCUT2D eigenvalue weighted by atomic mass is 16.2. The second-order valence-electron chi connectivity index (χ2n) is 7.06. The van der Waals surface area contributed by atoms with Crippen LogP contribution in [0.1, 0.15) is 36.8 Å². The van der Waals surface area contributed by atoms with Gasteiger partial charge in [0.25, 0.3) is 0 Å². The van der Waals surface area contributed by atoms with Gasteiger partial charge in [0.15, 0.2) is 0 Å². The lowest BCUT2D eigenvalue weighted by atomic mass is 10.1. The molecule has 2 saturated heterocycles. The van der Waals surface area contributed by atoms with E-state index in [1.54, 1.807) is 9.80 Å². The minimum absolute atomic E-state index is 0.00607. The molecule has 0 saturated carbocycles.